The number of hydrogen-bond acceptors (Lipinski definition) is 3. The molecule has 1 fully saturated rings. The van der Waals surface area contributed by atoms with Gasteiger partial charge >= 0.3 is 0 Å². The van der Waals surface area contributed by atoms with E-state index in [1.807, 2.05) is 30.3 Å². The van der Waals surface area contributed by atoms with Crippen molar-refractivity contribution < 1.29 is 14.0 Å². The summed E-state index contributed by atoms with van der Waals surface area (Å²) < 4.78 is 13.7. The maximum atomic E-state index is 13.7. The van der Waals surface area contributed by atoms with Gasteiger partial charge < -0.3 is 10.2 Å². The maximum Gasteiger partial charge on any atom is 0.253 e. The van der Waals surface area contributed by atoms with Crippen LogP contribution in [0.3, 0.4) is 0 Å². The lowest BCUT2D eigenvalue weighted by molar-refractivity contribution is -0.133. The molecular weight excluding hydrogens is 405 g/mol. The molecule has 6 heteroatoms. The Kier molecular flexibility index (Phi) is 6.30. The Morgan fingerprint density at radius 1 is 1.06 bits per heavy atom. The Morgan fingerprint density at radius 3 is 2.59 bits per heavy atom. The standard InChI is InChI=1S/C26H26FN3O2/c1-28-25(32)26(17-19-5-2-6-21(15-19)20-9-12-29-13-10-20)11-4-14-30(18-26)24(31)22-7-3-8-23(27)16-22/h2-3,5-10,12-13,15-16H,4,11,14,17-18H2,1H3,(H,28,32)/t26-/m0/s1. The Balaban J connectivity index is 1.62. The van der Waals surface area contributed by atoms with Crippen LogP contribution in [0.1, 0.15) is 28.8 Å². The van der Waals surface area contributed by atoms with Gasteiger partial charge in [0.15, 0.2) is 0 Å². The summed E-state index contributed by atoms with van der Waals surface area (Å²) in [5.74, 6) is -0.773. The fraction of sp³-hybridized carbons (Fsp3) is 0.269. The van der Waals surface area contributed by atoms with Gasteiger partial charge in [0.05, 0.1) is 5.41 Å². The molecule has 1 aliphatic rings. The van der Waals surface area contributed by atoms with Crippen molar-refractivity contribution in [2.24, 2.45) is 5.41 Å². The number of nitrogens with one attached hydrogen (secondary N) is 1. The van der Waals surface area contributed by atoms with Gasteiger partial charge in [-0.2, -0.15) is 0 Å². The highest BCUT2D eigenvalue weighted by Gasteiger charge is 2.43. The van der Waals surface area contributed by atoms with Crippen LogP contribution in [0.15, 0.2) is 73.1 Å². The van der Waals surface area contributed by atoms with E-state index >= 15 is 0 Å². The summed E-state index contributed by atoms with van der Waals surface area (Å²) in [5.41, 5.74) is 2.70. The maximum absolute atomic E-state index is 13.7. The van der Waals surface area contributed by atoms with E-state index in [2.05, 4.69) is 16.4 Å². The SMILES string of the molecule is CNC(=O)[C@]1(Cc2cccc(-c3ccncc3)c2)CCCN(C(=O)c2cccc(F)c2)C1. The van der Waals surface area contributed by atoms with Crippen molar-refractivity contribution in [1.29, 1.82) is 0 Å². The summed E-state index contributed by atoms with van der Waals surface area (Å²) in [6, 6.07) is 17.7. The molecule has 1 atom stereocenters. The first kappa shape index (κ1) is 21.7. The molecule has 1 aromatic heterocycles. The van der Waals surface area contributed by atoms with E-state index in [0.717, 1.165) is 16.7 Å². The average molecular weight is 432 g/mol. The normalized spacial score (nSPS) is 18.2. The number of hydrogen-bond donors (Lipinski definition) is 1. The first-order valence-electron chi connectivity index (χ1n) is 10.8. The van der Waals surface area contributed by atoms with E-state index in [0.29, 0.717) is 37.9 Å². The first-order chi connectivity index (χ1) is 15.5. The minimum absolute atomic E-state index is 0.0800. The van der Waals surface area contributed by atoms with Crippen molar-refractivity contribution in [3.8, 4) is 11.1 Å². The van der Waals surface area contributed by atoms with E-state index in [4.69, 9.17) is 0 Å². The number of pyridine rings is 1. The smallest absolute Gasteiger partial charge is 0.253 e. The molecule has 0 spiro atoms. The lowest BCUT2D eigenvalue weighted by Gasteiger charge is -2.41. The third-order valence-electron chi connectivity index (χ3n) is 6.13. The van der Waals surface area contributed by atoms with E-state index in [9.17, 15) is 14.0 Å². The predicted molar refractivity (Wildman–Crippen MR) is 121 cm³/mol. The molecule has 0 radical (unpaired) electrons. The number of aromatic nitrogens is 1. The number of halogens is 1. The number of rotatable bonds is 5. The highest BCUT2D eigenvalue weighted by Crippen LogP contribution is 2.35. The molecular formula is C26H26FN3O2. The van der Waals surface area contributed by atoms with Gasteiger partial charge in [-0.25, -0.2) is 4.39 Å². The lowest BCUT2D eigenvalue weighted by atomic mass is 9.74. The third-order valence-corrected chi connectivity index (χ3v) is 6.13. The van der Waals surface area contributed by atoms with Crippen LogP contribution in [0.2, 0.25) is 0 Å². The molecule has 164 valence electrons. The van der Waals surface area contributed by atoms with Gasteiger partial charge in [0, 0.05) is 38.1 Å². The third kappa shape index (κ3) is 4.54. The van der Waals surface area contributed by atoms with E-state index in [1.165, 1.54) is 18.2 Å². The summed E-state index contributed by atoms with van der Waals surface area (Å²) in [6.07, 6.45) is 5.41. The molecule has 32 heavy (non-hydrogen) atoms. The molecule has 2 heterocycles. The average Bonchev–Trinajstić information content (AvgIpc) is 2.84. The molecule has 0 bridgehead atoms. The lowest BCUT2D eigenvalue weighted by Crippen LogP contribution is -2.54. The van der Waals surface area contributed by atoms with Crippen molar-refractivity contribution in [2.45, 2.75) is 19.3 Å². The minimum atomic E-state index is -0.743. The topological polar surface area (TPSA) is 62.3 Å². The molecule has 2 amide bonds. The monoisotopic (exact) mass is 431 g/mol. The molecule has 4 rings (SSSR count). The van der Waals surface area contributed by atoms with Gasteiger partial charge in [0.2, 0.25) is 5.91 Å². The molecule has 3 aromatic rings. The summed E-state index contributed by atoms with van der Waals surface area (Å²) in [5, 5.41) is 2.81. The molecule has 0 saturated carbocycles. The summed E-state index contributed by atoms with van der Waals surface area (Å²) in [6.45, 7) is 0.840. The molecule has 0 aliphatic carbocycles. The van der Waals surface area contributed by atoms with Crippen molar-refractivity contribution in [3.63, 3.8) is 0 Å². The van der Waals surface area contributed by atoms with Crippen LogP contribution in [0, 0.1) is 11.2 Å². The van der Waals surface area contributed by atoms with Crippen LogP contribution in [-0.4, -0.2) is 41.8 Å². The fourth-order valence-corrected chi connectivity index (χ4v) is 4.58. The summed E-state index contributed by atoms with van der Waals surface area (Å²) >= 11 is 0. The number of amides is 2. The van der Waals surface area contributed by atoms with Gasteiger partial charge in [-0.1, -0.05) is 30.3 Å². The Hall–Kier alpha value is -3.54. The highest BCUT2D eigenvalue weighted by atomic mass is 19.1. The van der Waals surface area contributed by atoms with E-state index in [-0.39, 0.29) is 11.8 Å². The van der Waals surface area contributed by atoms with Crippen LogP contribution in [0.5, 0.6) is 0 Å². The van der Waals surface area contributed by atoms with E-state index < -0.39 is 11.2 Å². The number of carbonyl (C=O) groups is 2. The second kappa shape index (κ2) is 9.30. The van der Waals surface area contributed by atoms with Gasteiger partial charge in [-0.05, 0) is 66.3 Å². The summed E-state index contributed by atoms with van der Waals surface area (Å²) in [4.78, 5) is 31.9. The zero-order chi connectivity index (χ0) is 22.6. The Bertz CT molecular complexity index is 1120. The van der Waals surface area contributed by atoms with Crippen LogP contribution >= 0.6 is 0 Å². The Morgan fingerprint density at radius 2 is 1.84 bits per heavy atom. The second-order valence-corrected chi connectivity index (χ2v) is 8.31. The largest absolute Gasteiger partial charge is 0.359 e. The predicted octanol–water partition coefficient (Wildman–Crippen LogP) is 4.10. The second-order valence-electron chi connectivity index (χ2n) is 8.31. The minimum Gasteiger partial charge on any atom is -0.359 e. The van der Waals surface area contributed by atoms with Crippen LogP contribution in [-0.2, 0) is 11.2 Å². The highest BCUT2D eigenvalue weighted by molar-refractivity contribution is 5.95. The first-order valence-corrected chi connectivity index (χ1v) is 10.8. The van der Waals surface area contributed by atoms with Gasteiger partial charge in [0.1, 0.15) is 5.82 Å². The van der Waals surface area contributed by atoms with Crippen molar-refractivity contribution >= 4 is 11.8 Å². The van der Waals surface area contributed by atoms with Gasteiger partial charge in [-0.3, -0.25) is 14.6 Å². The number of benzene rings is 2. The molecule has 1 aliphatic heterocycles. The van der Waals surface area contributed by atoms with Gasteiger partial charge in [0.25, 0.3) is 5.91 Å². The Labute approximate surface area is 187 Å². The molecule has 2 aromatic carbocycles. The molecule has 5 nitrogen and oxygen atoms in total. The number of carbonyl (C=O) groups excluding carboxylic acids is 2. The summed E-state index contributed by atoms with van der Waals surface area (Å²) in [7, 11) is 1.63. The van der Waals surface area contributed by atoms with Crippen LogP contribution < -0.4 is 5.32 Å². The number of nitrogens with zero attached hydrogens (tertiary/aromatic N) is 2. The van der Waals surface area contributed by atoms with Crippen molar-refractivity contribution in [3.05, 3.63) is 90.0 Å². The van der Waals surface area contributed by atoms with Crippen molar-refractivity contribution in [2.75, 3.05) is 20.1 Å². The van der Waals surface area contributed by atoms with E-state index in [1.54, 1.807) is 30.4 Å². The molecule has 1 N–H and O–H groups in total. The van der Waals surface area contributed by atoms with Crippen molar-refractivity contribution in [1.82, 2.24) is 15.2 Å². The zero-order valence-corrected chi connectivity index (χ0v) is 18.1. The molecule has 0 unspecified atom stereocenters. The number of piperidine rings is 1. The fourth-order valence-electron chi connectivity index (χ4n) is 4.58. The van der Waals surface area contributed by atoms with Crippen LogP contribution in [0.25, 0.3) is 11.1 Å². The van der Waals surface area contributed by atoms with Gasteiger partial charge in [-0.15, -0.1) is 0 Å². The molecule has 1 saturated heterocycles. The van der Waals surface area contributed by atoms with Crippen LogP contribution in [0.4, 0.5) is 4.39 Å². The quantitative estimate of drug-likeness (QED) is 0.662. The zero-order valence-electron chi connectivity index (χ0n) is 18.1. The number of likely N-dealkylation sites (tertiary alicyclic amines) is 1.